The number of aromatic nitrogens is 2. The van der Waals surface area contributed by atoms with E-state index in [1.807, 2.05) is 24.5 Å². The van der Waals surface area contributed by atoms with Crippen LogP contribution in [0.1, 0.15) is 80.2 Å². The van der Waals surface area contributed by atoms with Gasteiger partial charge in [-0.25, -0.2) is 9.97 Å². The second-order valence-electron chi connectivity index (χ2n) is 8.64. The van der Waals surface area contributed by atoms with E-state index >= 15 is 0 Å². The van der Waals surface area contributed by atoms with Crippen molar-refractivity contribution in [3.63, 3.8) is 0 Å². The van der Waals surface area contributed by atoms with Crippen molar-refractivity contribution in [1.82, 2.24) is 9.97 Å². The summed E-state index contributed by atoms with van der Waals surface area (Å²) in [5.74, 6) is 0.631. The van der Waals surface area contributed by atoms with Gasteiger partial charge in [0.25, 0.3) is 0 Å². The van der Waals surface area contributed by atoms with E-state index in [2.05, 4.69) is 60.2 Å². The Kier molecular flexibility index (Phi) is 9.44. The van der Waals surface area contributed by atoms with Crippen molar-refractivity contribution >= 4 is 0 Å². The van der Waals surface area contributed by atoms with Crippen LogP contribution >= 0.6 is 0 Å². The molecule has 0 fully saturated rings. The maximum absolute atomic E-state index is 9.70. The first-order chi connectivity index (χ1) is 15.7. The number of nitriles is 1. The fourth-order valence-electron chi connectivity index (χ4n) is 3.98. The summed E-state index contributed by atoms with van der Waals surface area (Å²) in [4.78, 5) is 9.06. The molecule has 1 heterocycles. The highest BCUT2D eigenvalue weighted by Crippen LogP contribution is 2.22. The molecule has 0 aliphatic heterocycles. The third-order valence-electron chi connectivity index (χ3n) is 6.01. The summed E-state index contributed by atoms with van der Waals surface area (Å²) in [6.07, 6.45) is 15.3. The number of unbranched alkanes of at least 4 members (excludes halogenated alkanes) is 4. The minimum Gasteiger partial charge on any atom is -0.236 e. The van der Waals surface area contributed by atoms with Gasteiger partial charge in [-0.15, -0.1) is 0 Å². The molecule has 3 aromatic rings. The number of nitrogens with zero attached hydrogens (tertiary/aromatic N) is 3. The molecular weight excluding hydrogens is 390 g/mol. The van der Waals surface area contributed by atoms with E-state index in [0.717, 1.165) is 30.4 Å². The molecule has 3 nitrogen and oxygen atoms in total. The lowest BCUT2D eigenvalue weighted by Gasteiger charge is -2.08. The fraction of sp³-hybridized carbons (Fsp3) is 0.414. The number of aryl methyl sites for hydroxylation is 4. The Morgan fingerprint density at radius 1 is 0.656 bits per heavy atom. The van der Waals surface area contributed by atoms with Gasteiger partial charge >= 0.3 is 0 Å². The van der Waals surface area contributed by atoms with Crippen LogP contribution in [0.3, 0.4) is 0 Å². The predicted octanol–water partition coefficient (Wildman–Crippen LogP) is 7.27. The standard InChI is InChI=1S/C29H35N3/c1-3-5-7-9-23-11-13-24(14-12-23)15-16-25-17-18-28(27(19-25)20-30)29-31-21-26(22-32-29)10-8-6-4-2/h11-14,17-19,21-22H,3-10,15-16H2,1-2H3. The normalized spacial score (nSPS) is 10.8. The maximum atomic E-state index is 9.70. The summed E-state index contributed by atoms with van der Waals surface area (Å²) in [5, 5.41) is 9.70. The monoisotopic (exact) mass is 425 g/mol. The van der Waals surface area contributed by atoms with Crippen molar-refractivity contribution in [2.45, 2.75) is 78.1 Å². The Hall–Kier alpha value is -2.99. The molecule has 3 rings (SSSR count). The van der Waals surface area contributed by atoms with Crippen molar-refractivity contribution in [3.05, 3.63) is 82.7 Å². The molecule has 0 aliphatic carbocycles. The molecule has 3 heteroatoms. The molecule has 0 amide bonds. The van der Waals surface area contributed by atoms with Crippen LogP contribution in [0.15, 0.2) is 54.9 Å². The Bertz CT molecular complexity index is 998. The molecule has 0 atom stereocenters. The average molecular weight is 426 g/mol. The average Bonchev–Trinajstić information content (AvgIpc) is 2.84. The van der Waals surface area contributed by atoms with Gasteiger partial charge in [0.2, 0.25) is 0 Å². The second-order valence-corrected chi connectivity index (χ2v) is 8.64. The van der Waals surface area contributed by atoms with Crippen molar-refractivity contribution in [1.29, 1.82) is 5.26 Å². The zero-order valence-electron chi connectivity index (χ0n) is 19.6. The predicted molar refractivity (Wildman–Crippen MR) is 132 cm³/mol. The number of hydrogen-bond acceptors (Lipinski definition) is 3. The van der Waals surface area contributed by atoms with Crippen LogP contribution in [0.5, 0.6) is 0 Å². The lowest BCUT2D eigenvalue weighted by Crippen LogP contribution is -1.97. The van der Waals surface area contributed by atoms with Crippen molar-refractivity contribution < 1.29 is 0 Å². The lowest BCUT2D eigenvalue weighted by atomic mass is 9.98. The highest BCUT2D eigenvalue weighted by Gasteiger charge is 2.09. The van der Waals surface area contributed by atoms with Gasteiger partial charge in [0, 0.05) is 18.0 Å². The van der Waals surface area contributed by atoms with Gasteiger partial charge in [-0.2, -0.15) is 5.26 Å². The van der Waals surface area contributed by atoms with Gasteiger partial charge in [-0.3, -0.25) is 0 Å². The van der Waals surface area contributed by atoms with Crippen molar-refractivity contribution in [2.24, 2.45) is 0 Å². The first kappa shape index (κ1) is 23.7. The molecule has 1 aromatic heterocycles. The smallest absolute Gasteiger partial charge is 0.160 e. The molecular formula is C29H35N3. The molecule has 0 N–H and O–H groups in total. The van der Waals surface area contributed by atoms with Gasteiger partial charge in [-0.05, 0) is 72.9 Å². The van der Waals surface area contributed by atoms with E-state index in [1.165, 1.54) is 61.6 Å². The summed E-state index contributed by atoms with van der Waals surface area (Å²) in [5.41, 5.74) is 6.56. The molecule has 0 unspecified atom stereocenters. The second kappa shape index (κ2) is 12.8. The Balaban J connectivity index is 1.61. The van der Waals surface area contributed by atoms with E-state index in [0.29, 0.717) is 11.4 Å². The van der Waals surface area contributed by atoms with Gasteiger partial charge in [0.1, 0.15) is 0 Å². The van der Waals surface area contributed by atoms with E-state index in [-0.39, 0.29) is 0 Å². The van der Waals surface area contributed by atoms with Crippen LogP contribution in [0.2, 0.25) is 0 Å². The van der Waals surface area contributed by atoms with Gasteiger partial charge in [0.05, 0.1) is 11.6 Å². The molecule has 0 bridgehead atoms. The summed E-state index contributed by atoms with van der Waals surface area (Å²) in [7, 11) is 0. The molecule has 166 valence electrons. The van der Waals surface area contributed by atoms with Gasteiger partial charge in [-0.1, -0.05) is 69.9 Å². The van der Waals surface area contributed by atoms with Crippen molar-refractivity contribution in [2.75, 3.05) is 0 Å². The zero-order valence-corrected chi connectivity index (χ0v) is 19.6. The molecule has 0 saturated heterocycles. The van der Waals surface area contributed by atoms with Crippen LogP contribution in [0.4, 0.5) is 0 Å². The number of hydrogen-bond donors (Lipinski definition) is 0. The molecule has 0 spiro atoms. The number of rotatable bonds is 12. The third-order valence-corrected chi connectivity index (χ3v) is 6.01. The molecule has 0 aliphatic rings. The van der Waals surface area contributed by atoms with Crippen molar-refractivity contribution in [3.8, 4) is 17.5 Å². The van der Waals surface area contributed by atoms with E-state index in [4.69, 9.17) is 0 Å². The SMILES string of the molecule is CCCCCc1ccc(CCc2ccc(-c3ncc(CCCCC)cn3)c(C#N)c2)cc1. The minimum atomic E-state index is 0.631. The summed E-state index contributed by atoms with van der Waals surface area (Å²) in [6.45, 7) is 4.45. The highest BCUT2D eigenvalue weighted by atomic mass is 14.9. The quantitative estimate of drug-likeness (QED) is 0.287. The summed E-state index contributed by atoms with van der Waals surface area (Å²) in [6, 6.07) is 17.5. The lowest BCUT2D eigenvalue weighted by molar-refractivity contribution is 0.714. The fourth-order valence-corrected chi connectivity index (χ4v) is 3.98. The Morgan fingerprint density at radius 3 is 1.78 bits per heavy atom. The molecule has 2 aromatic carbocycles. The minimum absolute atomic E-state index is 0.631. The van der Waals surface area contributed by atoms with E-state index in [1.54, 1.807) is 0 Å². The van der Waals surface area contributed by atoms with E-state index < -0.39 is 0 Å². The largest absolute Gasteiger partial charge is 0.236 e. The van der Waals surface area contributed by atoms with Crippen LogP contribution in [-0.2, 0) is 25.7 Å². The van der Waals surface area contributed by atoms with Crippen LogP contribution in [-0.4, -0.2) is 9.97 Å². The van der Waals surface area contributed by atoms with Crippen LogP contribution in [0.25, 0.3) is 11.4 Å². The Morgan fingerprint density at radius 2 is 1.19 bits per heavy atom. The number of benzene rings is 2. The summed E-state index contributed by atoms with van der Waals surface area (Å²) >= 11 is 0. The first-order valence-electron chi connectivity index (χ1n) is 12.2. The van der Waals surface area contributed by atoms with Crippen LogP contribution in [0, 0.1) is 11.3 Å². The van der Waals surface area contributed by atoms with E-state index in [9.17, 15) is 5.26 Å². The zero-order chi connectivity index (χ0) is 22.6. The third kappa shape index (κ3) is 7.02. The summed E-state index contributed by atoms with van der Waals surface area (Å²) < 4.78 is 0. The maximum Gasteiger partial charge on any atom is 0.160 e. The van der Waals surface area contributed by atoms with Gasteiger partial charge < -0.3 is 0 Å². The molecule has 32 heavy (non-hydrogen) atoms. The molecule has 0 radical (unpaired) electrons. The van der Waals surface area contributed by atoms with Gasteiger partial charge in [0.15, 0.2) is 5.82 Å². The molecule has 0 saturated carbocycles. The first-order valence-corrected chi connectivity index (χ1v) is 12.2. The van der Waals surface area contributed by atoms with Crippen LogP contribution < -0.4 is 0 Å². The highest BCUT2D eigenvalue weighted by molar-refractivity contribution is 5.65. The topological polar surface area (TPSA) is 49.6 Å². The Labute approximate surface area is 193 Å².